The number of rotatable bonds is 3. The van der Waals surface area contributed by atoms with Crippen LogP contribution in [0.4, 0.5) is 13.2 Å². The van der Waals surface area contributed by atoms with Gasteiger partial charge in [-0.25, -0.2) is 0 Å². The van der Waals surface area contributed by atoms with Gasteiger partial charge in [0.2, 0.25) is 0 Å². The Morgan fingerprint density at radius 3 is 2.20 bits per heavy atom. The highest BCUT2D eigenvalue weighted by Crippen LogP contribution is 2.34. The largest absolute Gasteiger partial charge is 0.496 e. The van der Waals surface area contributed by atoms with Gasteiger partial charge in [0.15, 0.2) is 0 Å². The maximum atomic E-state index is 12.5. The molecule has 0 fully saturated rings. The van der Waals surface area contributed by atoms with Gasteiger partial charge in [-0.05, 0) is 29.3 Å². The van der Waals surface area contributed by atoms with Crippen LogP contribution in [0.25, 0.3) is 11.1 Å². The highest BCUT2D eigenvalue weighted by molar-refractivity contribution is 5.71. The normalized spacial score (nSPS) is 11.4. The Morgan fingerprint density at radius 1 is 1.05 bits per heavy atom. The van der Waals surface area contributed by atoms with Gasteiger partial charge in [0.25, 0.3) is 0 Å². The number of halogens is 3. The van der Waals surface area contributed by atoms with Gasteiger partial charge in [-0.3, -0.25) is 0 Å². The molecule has 0 heterocycles. The molecule has 0 aliphatic heterocycles. The van der Waals surface area contributed by atoms with Gasteiger partial charge in [-0.2, -0.15) is 13.2 Å². The molecule has 0 bridgehead atoms. The number of hydrogen-bond acceptors (Lipinski definition) is 2. The van der Waals surface area contributed by atoms with Crippen molar-refractivity contribution < 1.29 is 23.0 Å². The molecule has 2 aromatic carbocycles. The Morgan fingerprint density at radius 2 is 1.70 bits per heavy atom. The summed E-state index contributed by atoms with van der Waals surface area (Å²) in [5.74, 6) is 0.510. The zero-order valence-corrected chi connectivity index (χ0v) is 10.7. The lowest BCUT2D eigenvalue weighted by Crippen LogP contribution is -2.04. The lowest BCUT2D eigenvalue weighted by Gasteiger charge is -2.11. The molecule has 0 aromatic heterocycles. The van der Waals surface area contributed by atoms with Crippen LogP contribution in [0.5, 0.6) is 5.75 Å². The number of aliphatic hydroxyl groups is 1. The quantitative estimate of drug-likeness (QED) is 0.926. The SMILES string of the molecule is COc1cc(CO)ccc1-c1ccc(C(F)(F)F)cc1. The molecule has 0 saturated heterocycles. The van der Waals surface area contributed by atoms with Crippen LogP contribution in [0.3, 0.4) is 0 Å². The van der Waals surface area contributed by atoms with Crippen LogP contribution in [0, 0.1) is 0 Å². The fourth-order valence-electron chi connectivity index (χ4n) is 1.91. The van der Waals surface area contributed by atoms with E-state index in [2.05, 4.69) is 0 Å². The summed E-state index contributed by atoms with van der Waals surface area (Å²) in [4.78, 5) is 0. The van der Waals surface area contributed by atoms with Crippen molar-refractivity contribution >= 4 is 0 Å². The fourth-order valence-corrected chi connectivity index (χ4v) is 1.91. The molecule has 106 valence electrons. The molecule has 0 aliphatic rings. The van der Waals surface area contributed by atoms with E-state index in [0.717, 1.165) is 12.1 Å². The van der Waals surface area contributed by atoms with Crippen LogP contribution < -0.4 is 4.74 Å². The van der Waals surface area contributed by atoms with Crippen molar-refractivity contribution in [3.63, 3.8) is 0 Å². The molecule has 0 unspecified atom stereocenters. The average molecular weight is 282 g/mol. The Balaban J connectivity index is 2.41. The number of ether oxygens (including phenoxy) is 1. The van der Waals surface area contributed by atoms with Crippen LogP contribution >= 0.6 is 0 Å². The first kappa shape index (κ1) is 14.4. The molecule has 1 N–H and O–H groups in total. The standard InChI is InChI=1S/C15H13F3O2/c1-20-14-8-10(9-19)2-7-13(14)11-3-5-12(6-4-11)15(16,17)18/h2-8,19H,9H2,1H3. The molecule has 0 radical (unpaired) electrons. The van der Waals surface area contributed by atoms with Crippen molar-refractivity contribution in [2.45, 2.75) is 12.8 Å². The van der Waals surface area contributed by atoms with E-state index in [4.69, 9.17) is 9.84 Å². The molecule has 2 aromatic rings. The van der Waals surface area contributed by atoms with E-state index in [9.17, 15) is 13.2 Å². The average Bonchev–Trinajstić information content (AvgIpc) is 2.45. The smallest absolute Gasteiger partial charge is 0.416 e. The summed E-state index contributed by atoms with van der Waals surface area (Å²) >= 11 is 0. The summed E-state index contributed by atoms with van der Waals surface area (Å²) in [6.07, 6.45) is -4.34. The maximum absolute atomic E-state index is 12.5. The van der Waals surface area contributed by atoms with E-state index in [1.165, 1.54) is 19.2 Å². The Hall–Kier alpha value is -2.01. The van der Waals surface area contributed by atoms with Gasteiger partial charge >= 0.3 is 6.18 Å². The van der Waals surface area contributed by atoms with E-state index in [1.54, 1.807) is 18.2 Å². The van der Waals surface area contributed by atoms with E-state index in [0.29, 0.717) is 22.4 Å². The molecular formula is C15H13F3O2. The third-order valence-corrected chi connectivity index (χ3v) is 2.97. The van der Waals surface area contributed by atoms with Crippen molar-refractivity contribution in [3.8, 4) is 16.9 Å². The minimum absolute atomic E-state index is 0.121. The second-order valence-electron chi connectivity index (χ2n) is 4.27. The van der Waals surface area contributed by atoms with Gasteiger partial charge in [0.05, 0.1) is 19.3 Å². The van der Waals surface area contributed by atoms with Crippen LogP contribution in [-0.2, 0) is 12.8 Å². The number of alkyl halides is 3. The molecule has 0 spiro atoms. The highest BCUT2D eigenvalue weighted by Gasteiger charge is 2.30. The highest BCUT2D eigenvalue weighted by atomic mass is 19.4. The predicted molar refractivity (Wildman–Crippen MR) is 69.4 cm³/mol. The molecule has 5 heteroatoms. The zero-order valence-electron chi connectivity index (χ0n) is 10.7. The van der Waals surface area contributed by atoms with Crippen LogP contribution in [0.1, 0.15) is 11.1 Å². The lowest BCUT2D eigenvalue weighted by atomic mass is 10.0. The molecule has 2 nitrogen and oxygen atoms in total. The molecule has 0 amide bonds. The Labute approximate surface area is 114 Å². The second kappa shape index (κ2) is 5.54. The minimum atomic E-state index is -4.34. The summed E-state index contributed by atoms with van der Waals surface area (Å²) in [6.45, 7) is -0.121. The summed E-state index contributed by atoms with van der Waals surface area (Å²) < 4.78 is 42.7. The fraction of sp³-hybridized carbons (Fsp3) is 0.200. The first-order valence-electron chi connectivity index (χ1n) is 5.91. The monoisotopic (exact) mass is 282 g/mol. The van der Waals surface area contributed by atoms with Crippen LogP contribution in [0.15, 0.2) is 42.5 Å². The molecule has 0 aliphatic carbocycles. The molecule has 0 atom stereocenters. The minimum Gasteiger partial charge on any atom is -0.496 e. The van der Waals surface area contributed by atoms with Crippen molar-refractivity contribution in [2.24, 2.45) is 0 Å². The summed E-state index contributed by atoms with van der Waals surface area (Å²) in [5, 5.41) is 9.06. The Bertz CT molecular complexity index is 589. The van der Waals surface area contributed by atoms with Gasteiger partial charge < -0.3 is 9.84 Å². The van der Waals surface area contributed by atoms with Crippen molar-refractivity contribution in [1.29, 1.82) is 0 Å². The topological polar surface area (TPSA) is 29.5 Å². The zero-order chi connectivity index (χ0) is 14.8. The van der Waals surface area contributed by atoms with Crippen LogP contribution in [0.2, 0.25) is 0 Å². The van der Waals surface area contributed by atoms with Crippen molar-refractivity contribution in [3.05, 3.63) is 53.6 Å². The van der Waals surface area contributed by atoms with Gasteiger partial charge in [0, 0.05) is 5.56 Å². The summed E-state index contributed by atoms with van der Waals surface area (Å²) in [5.41, 5.74) is 1.29. The van der Waals surface area contributed by atoms with Gasteiger partial charge in [0.1, 0.15) is 5.75 Å². The number of benzene rings is 2. The third-order valence-electron chi connectivity index (χ3n) is 2.97. The number of methoxy groups -OCH3 is 1. The van der Waals surface area contributed by atoms with Crippen molar-refractivity contribution in [1.82, 2.24) is 0 Å². The summed E-state index contributed by atoms with van der Waals surface area (Å²) in [7, 11) is 1.48. The Kier molecular flexibility index (Phi) is 3.99. The lowest BCUT2D eigenvalue weighted by molar-refractivity contribution is -0.137. The first-order chi connectivity index (χ1) is 9.45. The van der Waals surface area contributed by atoms with Crippen LogP contribution in [-0.4, -0.2) is 12.2 Å². The summed E-state index contributed by atoms with van der Waals surface area (Å²) in [6, 6.07) is 9.96. The third kappa shape index (κ3) is 2.93. The number of hydrogen-bond donors (Lipinski definition) is 1. The second-order valence-corrected chi connectivity index (χ2v) is 4.27. The van der Waals surface area contributed by atoms with E-state index < -0.39 is 11.7 Å². The predicted octanol–water partition coefficient (Wildman–Crippen LogP) is 3.87. The molecule has 0 saturated carbocycles. The van der Waals surface area contributed by atoms with E-state index >= 15 is 0 Å². The van der Waals surface area contributed by atoms with Gasteiger partial charge in [-0.15, -0.1) is 0 Å². The molecule has 20 heavy (non-hydrogen) atoms. The first-order valence-corrected chi connectivity index (χ1v) is 5.91. The number of aliphatic hydroxyl groups excluding tert-OH is 1. The van der Waals surface area contributed by atoms with Crippen molar-refractivity contribution in [2.75, 3.05) is 7.11 Å². The maximum Gasteiger partial charge on any atom is 0.416 e. The molecule has 2 rings (SSSR count). The van der Waals surface area contributed by atoms with Gasteiger partial charge in [-0.1, -0.05) is 24.3 Å². The van der Waals surface area contributed by atoms with E-state index in [1.807, 2.05) is 0 Å². The van der Waals surface area contributed by atoms with E-state index in [-0.39, 0.29) is 6.61 Å². The molecular weight excluding hydrogens is 269 g/mol.